The molecular weight excluding hydrogens is 208 g/mol. The van der Waals surface area contributed by atoms with Crippen LogP contribution in [0.4, 0.5) is 0 Å². The zero-order chi connectivity index (χ0) is 12.5. The lowest BCUT2D eigenvalue weighted by Crippen LogP contribution is -2.45. The van der Waals surface area contributed by atoms with E-state index in [9.17, 15) is 5.11 Å². The van der Waals surface area contributed by atoms with Crippen LogP contribution in [0.2, 0.25) is 0 Å². The van der Waals surface area contributed by atoms with Crippen LogP contribution in [0.5, 0.6) is 0 Å². The summed E-state index contributed by atoms with van der Waals surface area (Å²) in [5.74, 6) is 0. The van der Waals surface area contributed by atoms with Crippen molar-refractivity contribution in [2.45, 2.75) is 58.0 Å². The summed E-state index contributed by atoms with van der Waals surface area (Å²) >= 11 is 0. The van der Waals surface area contributed by atoms with Gasteiger partial charge in [-0.3, -0.25) is 0 Å². The summed E-state index contributed by atoms with van der Waals surface area (Å²) in [5.41, 5.74) is 1.25. The van der Waals surface area contributed by atoms with Crippen molar-refractivity contribution >= 4 is 0 Å². The Morgan fingerprint density at radius 2 is 1.59 bits per heavy atom. The van der Waals surface area contributed by atoms with Gasteiger partial charge in [0.2, 0.25) is 0 Å². The van der Waals surface area contributed by atoms with E-state index in [0.717, 1.165) is 12.8 Å². The molecule has 1 nitrogen and oxygen atoms in total. The van der Waals surface area contributed by atoms with E-state index in [2.05, 4.69) is 51.1 Å². The normalized spacial score (nSPS) is 21.4. The van der Waals surface area contributed by atoms with Crippen molar-refractivity contribution in [2.75, 3.05) is 0 Å². The number of rotatable bonds is 2. The van der Waals surface area contributed by atoms with Crippen molar-refractivity contribution in [1.82, 2.24) is 0 Å². The minimum atomic E-state index is -0.264. The second-order valence-electron chi connectivity index (χ2n) is 6.50. The van der Waals surface area contributed by atoms with Gasteiger partial charge in [0.1, 0.15) is 0 Å². The number of aliphatic hydroxyl groups excluding tert-OH is 1. The molecule has 2 rings (SSSR count). The maximum Gasteiger partial charge on any atom is 0.0684 e. The van der Waals surface area contributed by atoms with E-state index >= 15 is 0 Å². The summed E-state index contributed by atoms with van der Waals surface area (Å²) in [7, 11) is 0. The molecule has 0 saturated heterocycles. The number of aliphatic hydroxyl groups is 1. The summed E-state index contributed by atoms with van der Waals surface area (Å²) < 4.78 is 0. The van der Waals surface area contributed by atoms with Crippen molar-refractivity contribution in [3.05, 3.63) is 35.9 Å². The van der Waals surface area contributed by atoms with Crippen LogP contribution in [0.3, 0.4) is 0 Å². The van der Waals surface area contributed by atoms with Gasteiger partial charge in [0.15, 0.2) is 0 Å². The van der Waals surface area contributed by atoms with E-state index < -0.39 is 0 Å². The van der Waals surface area contributed by atoms with Crippen LogP contribution in [0, 0.1) is 5.41 Å². The predicted octanol–water partition coefficient (Wildman–Crippen LogP) is 3.91. The lowest BCUT2D eigenvalue weighted by atomic mass is 9.66. The van der Waals surface area contributed by atoms with Crippen LogP contribution < -0.4 is 0 Å². The molecule has 0 aliphatic heterocycles. The molecule has 0 spiro atoms. The molecule has 0 bridgehead atoms. The first-order valence-corrected chi connectivity index (χ1v) is 6.70. The van der Waals surface area contributed by atoms with Crippen LogP contribution in [0.25, 0.3) is 0 Å². The number of benzene rings is 1. The van der Waals surface area contributed by atoms with Gasteiger partial charge in [-0.25, -0.2) is 0 Å². The van der Waals surface area contributed by atoms with Gasteiger partial charge in [0, 0.05) is 5.41 Å². The van der Waals surface area contributed by atoms with Gasteiger partial charge in [-0.05, 0) is 23.8 Å². The van der Waals surface area contributed by atoms with Gasteiger partial charge in [-0.1, -0.05) is 63.9 Å². The summed E-state index contributed by atoms with van der Waals surface area (Å²) in [6.07, 6.45) is 4.45. The maximum atomic E-state index is 10.8. The second kappa shape index (κ2) is 4.45. The van der Waals surface area contributed by atoms with Crippen LogP contribution in [0.1, 0.15) is 52.0 Å². The first-order chi connectivity index (χ1) is 7.97. The van der Waals surface area contributed by atoms with E-state index in [1.54, 1.807) is 0 Å². The molecule has 1 saturated carbocycles. The summed E-state index contributed by atoms with van der Waals surface area (Å²) in [5, 5.41) is 10.8. The molecule has 94 valence electrons. The molecule has 0 amide bonds. The van der Waals surface area contributed by atoms with Crippen LogP contribution >= 0.6 is 0 Å². The summed E-state index contributed by atoms with van der Waals surface area (Å²) in [6, 6.07) is 10.6. The first kappa shape index (κ1) is 12.6. The Morgan fingerprint density at radius 3 is 2.06 bits per heavy atom. The highest BCUT2D eigenvalue weighted by Gasteiger charge is 2.46. The molecule has 0 heterocycles. The zero-order valence-corrected chi connectivity index (χ0v) is 11.2. The molecule has 0 aromatic heterocycles. The Balaban J connectivity index is 2.40. The Kier molecular flexibility index (Phi) is 3.31. The van der Waals surface area contributed by atoms with Gasteiger partial charge in [0.05, 0.1) is 6.10 Å². The molecular formula is C16H24O. The Hall–Kier alpha value is -0.820. The Bertz CT molecular complexity index is 355. The maximum absolute atomic E-state index is 10.8. The SMILES string of the molecule is CC(C)(C)C(O)C1(c2ccccc2)CCCC1. The van der Waals surface area contributed by atoms with Crippen LogP contribution in [-0.2, 0) is 5.41 Å². The minimum Gasteiger partial charge on any atom is -0.392 e. The fourth-order valence-electron chi connectivity index (χ4n) is 3.32. The number of hydrogen-bond donors (Lipinski definition) is 1. The van der Waals surface area contributed by atoms with E-state index in [-0.39, 0.29) is 16.9 Å². The average molecular weight is 232 g/mol. The lowest BCUT2D eigenvalue weighted by Gasteiger charge is -2.42. The number of hydrogen-bond acceptors (Lipinski definition) is 1. The highest BCUT2D eigenvalue weighted by molar-refractivity contribution is 5.29. The van der Waals surface area contributed by atoms with Gasteiger partial charge < -0.3 is 5.11 Å². The molecule has 1 N–H and O–H groups in total. The molecule has 1 aliphatic rings. The Labute approximate surface area is 105 Å². The minimum absolute atomic E-state index is 0.0144. The molecule has 0 radical (unpaired) electrons. The summed E-state index contributed by atoms with van der Waals surface area (Å²) in [4.78, 5) is 0. The van der Waals surface area contributed by atoms with Crippen molar-refractivity contribution in [2.24, 2.45) is 5.41 Å². The van der Waals surface area contributed by atoms with Crippen molar-refractivity contribution < 1.29 is 5.11 Å². The third-order valence-corrected chi connectivity index (χ3v) is 4.19. The molecule has 1 heteroatoms. The third-order valence-electron chi connectivity index (χ3n) is 4.19. The quantitative estimate of drug-likeness (QED) is 0.819. The highest BCUT2D eigenvalue weighted by atomic mass is 16.3. The fourth-order valence-corrected chi connectivity index (χ4v) is 3.32. The Morgan fingerprint density at radius 1 is 1.06 bits per heavy atom. The van der Waals surface area contributed by atoms with Crippen molar-refractivity contribution in [3.63, 3.8) is 0 Å². The molecule has 17 heavy (non-hydrogen) atoms. The van der Waals surface area contributed by atoms with Crippen molar-refractivity contribution in [3.8, 4) is 0 Å². The molecule has 1 fully saturated rings. The monoisotopic (exact) mass is 232 g/mol. The molecule has 1 unspecified atom stereocenters. The van der Waals surface area contributed by atoms with Gasteiger partial charge >= 0.3 is 0 Å². The summed E-state index contributed by atoms with van der Waals surface area (Å²) in [6.45, 7) is 6.42. The van der Waals surface area contributed by atoms with E-state index in [1.165, 1.54) is 18.4 Å². The third kappa shape index (κ3) is 2.26. The predicted molar refractivity (Wildman–Crippen MR) is 72.0 cm³/mol. The van der Waals surface area contributed by atoms with E-state index in [0.29, 0.717) is 0 Å². The topological polar surface area (TPSA) is 20.2 Å². The van der Waals surface area contributed by atoms with Crippen LogP contribution in [0.15, 0.2) is 30.3 Å². The lowest BCUT2D eigenvalue weighted by molar-refractivity contribution is -0.00693. The van der Waals surface area contributed by atoms with Gasteiger partial charge in [-0.15, -0.1) is 0 Å². The van der Waals surface area contributed by atoms with Crippen LogP contribution in [-0.4, -0.2) is 11.2 Å². The fraction of sp³-hybridized carbons (Fsp3) is 0.625. The molecule has 1 aliphatic carbocycles. The van der Waals surface area contributed by atoms with E-state index in [1.807, 2.05) is 0 Å². The van der Waals surface area contributed by atoms with Crippen molar-refractivity contribution in [1.29, 1.82) is 0 Å². The first-order valence-electron chi connectivity index (χ1n) is 6.70. The van der Waals surface area contributed by atoms with Gasteiger partial charge in [0.25, 0.3) is 0 Å². The zero-order valence-electron chi connectivity index (χ0n) is 11.2. The second-order valence-corrected chi connectivity index (χ2v) is 6.50. The smallest absolute Gasteiger partial charge is 0.0684 e. The standard InChI is InChI=1S/C16H24O/c1-15(2,3)14(17)16(11-7-8-12-16)13-9-5-4-6-10-13/h4-6,9-10,14,17H,7-8,11-12H2,1-3H3. The van der Waals surface area contributed by atoms with E-state index in [4.69, 9.17) is 0 Å². The molecule has 1 atom stereocenters. The van der Waals surface area contributed by atoms with Gasteiger partial charge in [-0.2, -0.15) is 0 Å². The largest absolute Gasteiger partial charge is 0.392 e. The highest BCUT2D eigenvalue weighted by Crippen LogP contribution is 2.48. The average Bonchev–Trinajstić information content (AvgIpc) is 2.78. The molecule has 1 aromatic carbocycles. The molecule has 1 aromatic rings.